The van der Waals surface area contributed by atoms with Crippen molar-refractivity contribution >= 4 is 15.9 Å². The van der Waals surface area contributed by atoms with E-state index in [2.05, 4.69) is 4.72 Å². The first kappa shape index (κ1) is 18.6. The number of hydrogen-bond acceptors (Lipinski definition) is 4. The highest BCUT2D eigenvalue weighted by Crippen LogP contribution is 2.19. The Balaban J connectivity index is 3.06. The Hall–Kier alpha value is -1.44. The Labute approximate surface area is 132 Å². The number of hydrogen-bond donors (Lipinski definition) is 2. The van der Waals surface area contributed by atoms with Crippen molar-refractivity contribution in [3.05, 3.63) is 29.8 Å². The zero-order valence-electron chi connectivity index (χ0n) is 13.6. The number of benzene rings is 1. The van der Waals surface area contributed by atoms with E-state index in [1.807, 2.05) is 13.8 Å². The second-order valence-electron chi connectivity index (χ2n) is 5.52. The van der Waals surface area contributed by atoms with Crippen molar-refractivity contribution in [3.63, 3.8) is 0 Å². The largest absolute Gasteiger partial charge is 0.345 e. The number of carbonyl (C=O) groups is 1. The van der Waals surface area contributed by atoms with Crippen LogP contribution in [-0.2, 0) is 10.0 Å². The first-order valence-corrected chi connectivity index (χ1v) is 8.75. The van der Waals surface area contributed by atoms with Crippen LogP contribution in [0.25, 0.3) is 0 Å². The van der Waals surface area contributed by atoms with E-state index in [-0.39, 0.29) is 17.3 Å². The van der Waals surface area contributed by atoms with Crippen molar-refractivity contribution < 1.29 is 13.2 Å². The van der Waals surface area contributed by atoms with Gasteiger partial charge in [0.15, 0.2) is 0 Å². The summed E-state index contributed by atoms with van der Waals surface area (Å²) in [6.45, 7) is 4.03. The molecule has 1 amide bonds. The maximum Gasteiger partial charge on any atom is 0.253 e. The molecule has 1 aromatic carbocycles. The Morgan fingerprint density at radius 3 is 2.05 bits per heavy atom. The third-order valence-corrected chi connectivity index (χ3v) is 5.51. The van der Waals surface area contributed by atoms with Gasteiger partial charge in [-0.15, -0.1) is 0 Å². The SMILES string of the molecule is CCC(CC)(CN)NS(=O)(=O)c1ccc(C(=O)N(C)C)cc1. The van der Waals surface area contributed by atoms with Crippen molar-refractivity contribution in [2.75, 3.05) is 20.6 Å². The van der Waals surface area contributed by atoms with Crippen LogP contribution in [-0.4, -0.2) is 45.4 Å². The number of nitrogens with zero attached hydrogens (tertiary/aromatic N) is 1. The molecule has 1 rings (SSSR count). The van der Waals surface area contributed by atoms with Gasteiger partial charge >= 0.3 is 0 Å². The molecular weight excluding hydrogens is 302 g/mol. The zero-order valence-corrected chi connectivity index (χ0v) is 14.4. The molecule has 0 aliphatic rings. The molecular formula is C15H25N3O3S. The molecule has 0 spiro atoms. The Kier molecular flexibility index (Phi) is 6.10. The molecule has 22 heavy (non-hydrogen) atoms. The van der Waals surface area contributed by atoms with Crippen LogP contribution in [0, 0.1) is 0 Å². The fraction of sp³-hybridized carbons (Fsp3) is 0.533. The monoisotopic (exact) mass is 327 g/mol. The molecule has 1 aromatic rings. The van der Waals surface area contributed by atoms with Crippen molar-refractivity contribution in [2.45, 2.75) is 37.1 Å². The lowest BCUT2D eigenvalue weighted by molar-refractivity contribution is 0.0827. The fourth-order valence-electron chi connectivity index (χ4n) is 2.10. The van der Waals surface area contributed by atoms with Gasteiger partial charge in [-0.05, 0) is 37.1 Å². The summed E-state index contributed by atoms with van der Waals surface area (Å²) >= 11 is 0. The highest BCUT2D eigenvalue weighted by molar-refractivity contribution is 7.89. The van der Waals surface area contributed by atoms with Gasteiger partial charge in [0.25, 0.3) is 5.91 Å². The van der Waals surface area contributed by atoms with Crippen LogP contribution in [0.15, 0.2) is 29.2 Å². The van der Waals surface area contributed by atoms with Crippen molar-refractivity contribution in [2.24, 2.45) is 5.73 Å². The fourth-order valence-corrected chi connectivity index (χ4v) is 3.66. The normalized spacial score (nSPS) is 12.2. The molecule has 0 atom stereocenters. The predicted octanol–water partition coefficient (Wildman–Crippen LogP) is 1.18. The molecule has 0 saturated heterocycles. The number of amides is 1. The summed E-state index contributed by atoms with van der Waals surface area (Å²) in [6, 6.07) is 5.90. The predicted molar refractivity (Wildman–Crippen MR) is 87.1 cm³/mol. The molecule has 0 fully saturated rings. The molecule has 0 unspecified atom stereocenters. The van der Waals surface area contributed by atoms with E-state index in [0.717, 1.165) is 0 Å². The van der Waals surface area contributed by atoms with E-state index >= 15 is 0 Å². The highest BCUT2D eigenvalue weighted by atomic mass is 32.2. The lowest BCUT2D eigenvalue weighted by atomic mass is 9.95. The summed E-state index contributed by atoms with van der Waals surface area (Å²) in [7, 11) is -0.381. The quantitative estimate of drug-likeness (QED) is 0.786. The molecule has 0 saturated carbocycles. The van der Waals surface area contributed by atoms with E-state index in [1.165, 1.54) is 29.2 Å². The Bertz CT molecular complexity index is 597. The topological polar surface area (TPSA) is 92.5 Å². The number of carbonyl (C=O) groups excluding carboxylic acids is 1. The van der Waals surface area contributed by atoms with E-state index in [4.69, 9.17) is 5.73 Å². The second kappa shape index (κ2) is 7.21. The molecule has 3 N–H and O–H groups in total. The van der Waals surface area contributed by atoms with Crippen molar-refractivity contribution in [1.29, 1.82) is 0 Å². The molecule has 0 heterocycles. The molecule has 0 aliphatic carbocycles. The summed E-state index contributed by atoms with van der Waals surface area (Å²) in [6.07, 6.45) is 1.22. The average Bonchev–Trinajstić information content (AvgIpc) is 2.52. The van der Waals surface area contributed by atoms with E-state index in [0.29, 0.717) is 18.4 Å². The smallest absolute Gasteiger partial charge is 0.253 e. The minimum atomic E-state index is -3.67. The first-order valence-electron chi connectivity index (χ1n) is 7.27. The van der Waals surface area contributed by atoms with Crippen LogP contribution >= 0.6 is 0 Å². The van der Waals surface area contributed by atoms with Crippen LogP contribution in [0.3, 0.4) is 0 Å². The third kappa shape index (κ3) is 4.06. The van der Waals surface area contributed by atoms with Crippen molar-refractivity contribution in [3.8, 4) is 0 Å². The van der Waals surface area contributed by atoms with Gasteiger partial charge in [0.05, 0.1) is 4.90 Å². The van der Waals surface area contributed by atoms with Crippen LogP contribution in [0.1, 0.15) is 37.0 Å². The summed E-state index contributed by atoms with van der Waals surface area (Å²) in [5.74, 6) is -0.171. The first-order chi connectivity index (χ1) is 10.2. The molecule has 124 valence electrons. The maximum atomic E-state index is 12.5. The van der Waals surface area contributed by atoms with E-state index in [1.54, 1.807) is 14.1 Å². The maximum absolute atomic E-state index is 12.5. The van der Waals surface area contributed by atoms with Gasteiger partial charge in [0, 0.05) is 31.7 Å². The Morgan fingerprint density at radius 1 is 1.18 bits per heavy atom. The molecule has 0 aliphatic heterocycles. The van der Waals surface area contributed by atoms with Gasteiger partial charge in [-0.1, -0.05) is 13.8 Å². The molecule has 0 bridgehead atoms. The third-order valence-electron chi connectivity index (χ3n) is 3.91. The van der Waals surface area contributed by atoms with E-state index < -0.39 is 15.6 Å². The summed E-state index contributed by atoms with van der Waals surface area (Å²) in [5, 5.41) is 0. The minimum Gasteiger partial charge on any atom is -0.345 e. The lowest BCUT2D eigenvalue weighted by Gasteiger charge is -2.31. The molecule has 7 heteroatoms. The van der Waals surface area contributed by atoms with Crippen LogP contribution < -0.4 is 10.5 Å². The number of nitrogens with one attached hydrogen (secondary N) is 1. The summed E-state index contributed by atoms with van der Waals surface area (Å²) in [5.41, 5.74) is 5.54. The standard InChI is InChI=1S/C15H25N3O3S/c1-5-15(6-2,11-16)17-22(20,21)13-9-7-12(8-10-13)14(19)18(3)4/h7-10,17H,5-6,11,16H2,1-4H3. The highest BCUT2D eigenvalue weighted by Gasteiger charge is 2.30. The second-order valence-corrected chi connectivity index (χ2v) is 7.20. The van der Waals surface area contributed by atoms with Gasteiger partial charge in [-0.2, -0.15) is 0 Å². The van der Waals surface area contributed by atoms with E-state index in [9.17, 15) is 13.2 Å². The number of sulfonamides is 1. The zero-order chi connectivity index (χ0) is 17.0. The molecule has 0 radical (unpaired) electrons. The minimum absolute atomic E-state index is 0.127. The van der Waals surface area contributed by atoms with Gasteiger partial charge in [-0.25, -0.2) is 13.1 Å². The number of rotatable bonds is 7. The molecule has 0 aromatic heterocycles. The van der Waals surface area contributed by atoms with Crippen LogP contribution in [0.2, 0.25) is 0 Å². The van der Waals surface area contributed by atoms with Crippen LogP contribution in [0.4, 0.5) is 0 Å². The lowest BCUT2D eigenvalue weighted by Crippen LogP contribution is -2.52. The van der Waals surface area contributed by atoms with Gasteiger partial charge in [-0.3, -0.25) is 4.79 Å². The summed E-state index contributed by atoms with van der Waals surface area (Å²) in [4.78, 5) is 13.4. The average molecular weight is 327 g/mol. The Morgan fingerprint density at radius 2 is 1.68 bits per heavy atom. The van der Waals surface area contributed by atoms with Gasteiger partial charge in [0.1, 0.15) is 0 Å². The molecule has 6 nitrogen and oxygen atoms in total. The van der Waals surface area contributed by atoms with Gasteiger partial charge < -0.3 is 10.6 Å². The van der Waals surface area contributed by atoms with Gasteiger partial charge in [0.2, 0.25) is 10.0 Å². The number of nitrogens with two attached hydrogens (primary N) is 1. The van der Waals surface area contributed by atoms with Crippen LogP contribution in [0.5, 0.6) is 0 Å². The van der Waals surface area contributed by atoms with Crippen molar-refractivity contribution in [1.82, 2.24) is 9.62 Å². The summed E-state index contributed by atoms with van der Waals surface area (Å²) < 4.78 is 27.7.